The number of carboxylic acids is 1. The molecule has 19 heavy (non-hydrogen) atoms. The first-order chi connectivity index (χ1) is 8.99. The van der Waals surface area contributed by atoms with Crippen molar-refractivity contribution in [3.05, 3.63) is 29.8 Å². The SMILES string of the molecule is CC(C)OCCCC(=O)Nc1ccc(C(=O)O)cc1. The number of hydrogen-bond acceptors (Lipinski definition) is 3. The molecule has 1 aromatic rings. The lowest BCUT2D eigenvalue weighted by molar-refractivity contribution is -0.116. The molecular weight excluding hydrogens is 246 g/mol. The first-order valence-corrected chi connectivity index (χ1v) is 6.24. The third-order valence-electron chi connectivity index (χ3n) is 2.41. The fourth-order valence-corrected chi connectivity index (χ4v) is 1.47. The Morgan fingerprint density at radius 2 is 1.89 bits per heavy atom. The first kappa shape index (κ1) is 15.2. The number of nitrogens with one attached hydrogen (secondary N) is 1. The average molecular weight is 265 g/mol. The quantitative estimate of drug-likeness (QED) is 0.743. The number of benzene rings is 1. The Kier molecular flexibility index (Phi) is 6.02. The van der Waals surface area contributed by atoms with Crippen molar-refractivity contribution in [2.75, 3.05) is 11.9 Å². The van der Waals surface area contributed by atoms with Gasteiger partial charge in [0.1, 0.15) is 0 Å². The lowest BCUT2D eigenvalue weighted by atomic mass is 10.2. The van der Waals surface area contributed by atoms with E-state index in [1.165, 1.54) is 12.1 Å². The van der Waals surface area contributed by atoms with Crippen LogP contribution in [0.4, 0.5) is 5.69 Å². The molecule has 0 aliphatic carbocycles. The molecule has 1 aromatic carbocycles. The van der Waals surface area contributed by atoms with Crippen molar-refractivity contribution in [3.8, 4) is 0 Å². The maximum Gasteiger partial charge on any atom is 0.335 e. The third kappa shape index (κ3) is 6.01. The van der Waals surface area contributed by atoms with Gasteiger partial charge in [-0.3, -0.25) is 4.79 Å². The van der Waals surface area contributed by atoms with E-state index in [0.717, 1.165) is 0 Å². The van der Waals surface area contributed by atoms with Crippen LogP contribution in [0.1, 0.15) is 37.0 Å². The molecular formula is C14H19NO4. The van der Waals surface area contributed by atoms with Crippen LogP contribution in [0.25, 0.3) is 0 Å². The molecule has 104 valence electrons. The largest absolute Gasteiger partial charge is 0.478 e. The van der Waals surface area contributed by atoms with Gasteiger partial charge in [0.15, 0.2) is 0 Å². The van der Waals surface area contributed by atoms with Crippen LogP contribution in [-0.4, -0.2) is 29.7 Å². The number of rotatable bonds is 7. The normalized spacial score (nSPS) is 10.5. The minimum absolute atomic E-state index is 0.101. The number of anilines is 1. The zero-order chi connectivity index (χ0) is 14.3. The summed E-state index contributed by atoms with van der Waals surface area (Å²) >= 11 is 0. The highest BCUT2D eigenvalue weighted by molar-refractivity contribution is 5.92. The Morgan fingerprint density at radius 1 is 1.26 bits per heavy atom. The Morgan fingerprint density at radius 3 is 2.42 bits per heavy atom. The summed E-state index contributed by atoms with van der Waals surface area (Å²) in [4.78, 5) is 22.3. The Bertz CT molecular complexity index is 426. The van der Waals surface area contributed by atoms with Gasteiger partial charge in [0.25, 0.3) is 0 Å². The van der Waals surface area contributed by atoms with Crippen molar-refractivity contribution in [1.82, 2.24) is 0 Å². The lowest BCUT2D eigenvalue weighted by Gasteiger charge is -2.08. The maximum absolute atomic E-state index is 11.6. The topological polar surface area (TPSA) is 75.6 Å². The fraction of sp³-hybridized carbons (Fsp3) is 0.429. The van der Waals surface area contributed by atoms with E-state index in [-0.39, 0.29) is 17.6 Å². The molecule has 0 bridgehead atoms. The number of carbonyl (C=O) groups excluding carboxylic acids is 1. The molecule has 2 N–H and O–H groups in total. The highest BCUT2D eigenvalue weighted by Crippen LogP contribution is 2.10. The minimum Gasteiger partial charge on any atom is -0.478 e. The number of carbonyl (C=O) groups is 2. The van der Waals surface area contributed by atoms with Crippen molar-refractivity contribution in [1.29, 1.82) is 0 Å². The molecule has 5 heteroatoms. The van der Waals surface area contributed by atoms with Gasteiger partial charge in [0.05, 0.1) is 11.7 Å². The van der Waals surface area contributed by atoms with Crippen LogP contribution < -0.4 is 5.32 Å². The summed E-state index contributed by atoms with van der Waals surface area (Å²) in [7, 11) is 0. The van der Waals surface area contributed by atoms with Gasteiger partial charge in [-0.1, -0.05) is 0 Å². The molecule has 0 aliphatic rings. The van der Waals surface area contributed by atoms with Crippen molar-refractivity contribution < 1.29 is 19.4 Å². The molecule has 0 unspecified atom stereocenters. The monoisotopic (exact) mass is 265 g/mol. The van der Waals surface area contributed by atoms with Crippen LogP contribution in [0.3, 0.4) is 0 Å². The van der Waals surface area contributed by atoms with Crippen LogP contribution >= 0.6 is 0 Å². The van der Waals surface area contributed by atoms with E-state index >= 15 is 0 Å². The predicted molar refractivity (Wildman–Crippen MR) is 72.4 cm³/mol. The fourth-order valence-electron chi connectivity index (χ4n) is 1.47. The number of carboxylic acid groups (broad SMARTS) is 1. The van der Waals surface area contributed by atoms with E-state index in [9.17, 15) is 9.59 Å². The Hall–Kier alpha value is -1.88. The van der Waals surface area contributed by atoms with Crippen LogP contribution in [0, 0.1) is 0 Å². The average Bonchev–Trinajstić information content (AvgIpc) is 2.35. The van der Waals surface area contributed by atoms with Gasteiger partial charge < -0.3 is 15.2 Å². The molecule has 0 atom stereocenters. The standard InChI is InChI=1S/C14H19NO4/c1-10(2)19-9-3-4-13(16)15-12-7-5-11(6-8-12)14(17)18/h5-8,10H,3-4,9H2,1-2H3,(H,15,16)(H,17,18). The highest BCUT2D eigenvalue weighted by Gasteiger charge is 2.05. The minimum atomic E-state index is -0.983. The number of aromatic carboxylic acids is 1. The van der Waals surface area contributed by atoms with Gasteiger partial charge in [0.2, 0.25) is 5.91 Å². The second-order valence-electron chi connectivity index (χ2n) is 4.45. The van der Waals surface area contributed by atoms with Gasteiger partial charge in [-0.15, -0.1) is 0 Å². The van der Waals surface area contributed by atoms with Crippen molar-refractivity contribution in [2.45, 2.75) is 32.8 Å². The summed E-state index contributed by atoms with van der Waals surface area (Å²) in [6.07, 6.45) is 1.22. The number of ether oxygens (including phenoxy) is 1. The molecule has 0 spiro atoms. The third-order valence-corrected chi connectivity index (χ3v) is 2.41. The second-order valence-corrected chi connectivity index (χ2v) is 4.45. The van der Waals surface area contributed by atoms with E-state index in [4.69, 9.17) is 9.84 Å². The molecule has 1 rings (SSSR count). The van der Waals surface area contributed by atoms with E-state index in [0.29, 0.717) is 25.1 Å². The zero-order valence-electron chi connectivity index (χ0n) is 11.2. The molecule has 0 heterocycles. The summed E-state index contributed by atoms with van der Waals surface area (Å²) in [6.45, 7) is 4.46. The van der Waals surface area contributed by atoms with E-state index < -0.39 is 5.97 Å². The van der Waals surface area contributed by atoms with Gasteiger partial charge in [-0.2, -0.15) is 0 Å². The molecule has 1 amide bonds. The van der Waals surface area contributed by atoms with Crippen LogP contribution in [0.2, 0.25) is 0 Å². The Labute approximate surface area is 112 Å². The molecule has 0 fully saturated rings. The molecule has 0 saturated carbocycles. The maximum atomic E-state index is 11.6. The predicted octanol–water partition coefficient (Wildman–Crippen LogP) is 2.53. The molecule has 5 nitrogen and oxygen atoms in total. The summed E-state index contributed by atoms with van der Waals surface area (Å²) in [5, 5.41) is 11.5. The van der Waals surface area contributed by atoms with Gasteiger partial charge in [0, 0.05) is 18.7 Å². The van der Waals surface area contributed by atoms with Gasteiger partial charge in [-0.05, 0) is 44.5 Å². The van der Waals surface area contributed by atoms with Gasteiger partial charge in [-0.25, -0.2) is 4.79 Å². The van der Waals surface area contributed by atoms with Crippen LogP contribution in [-0.2, 0) is 9.53 Å². The van der Waals surface area contributed by atoms with E-state index in [1.807, 2.05) is 13.8 Å². The summed E-state index contributed by atoms with van der Waals surface area (Å²) in [5.74, 6) is -1.08. The Balaban J connectivity index is 2.34. The molecule has 0 aliphatic heterocycles. The van der Waals surface area contributed by atoms with Crippen molar-refractivity contribution >= 4 is 17.6 Å². The second kappa shape index (κ2) is 7.53. The number of hydrogen-bond donors (Lipinski definition) is 2. The van der Waals surface area contributed by atoms with Crippen LogP contribution in [0.5, 0.6) is 0 Å². The smallest absolute Gasteiger partial charge is 0.335 e. The van der Waals surface area contributed by atoms with Crippen molar-refractivity contribution in [2.24, 2.45) is 0 Å². The first-order valence-electron chi connectivity index (χ1n) is 6.24. The highest BCUT2D eigenvalue weighted by atomic mass is 16.5. The molecule has 0 radical (unpaired) electrons. The lowest BCUT2D eigenvalue weighted by Crippen LogP contribution is -2.13. The van der Waals surface area contributed by atoms with E-state index in [2.05, 4.69) is 5.32 Å². The molecule has 0 saturated heterocycles. The summed E-state index contributed by atoms with van der Waals surface area (Å²) in [6, 6.07) is 6.07. The van der Waals surface area contributed by atoms with Crippen LogP contribution in [0.15, 0.2) is 24.3 Å². The van der Waals surface area contributed by atoms with E-state index in [1.54, 1.807) is 12.1 Å². The summed E-state index contributed by atoms with van der Waals surface area (Å²) < 4.78 is 5.34. The zero-order valence-corrected chi connectivity index (χ0v) is 11.2. The molecule has 0 aromatic heterocycles. The van der Waals surface area contributed by atoms with Gasteiger partial charge >= 0.3 is 5.97 Å². The number of amides is 1. The van der Waals surface area contributed by atoms with Crippen molar-refractivity contribution in [3.63, 3.8) is 0 Å². The summed E-state index contributed by atoms with van der Waals surface area (Å²) in [5.41, 5.74) is 0.795.